The van der Waals surface area contributed by atoms with Crippen LogP contribution in [-0.4, -0.2) is 10.9 Å². The Morgan fingerprint density at radius 2 is 1.85 bits per heavy atom. The third-order valence-electron chi connectivity index (χ3n) is 4.16. The largest absolute Gasteiger partial charge is 0.351 e. The number of aromatic nitrogens is 1. The van der Waals surface area contributed by atoms with Gasteiger partial charge < -0.3 is 5.32 Å². The van der Waals surface area contributed by atoms with Gasteiger partial charge in [0.1, 0.15) is 5.82 Å². The van der Waals surface area contributed by atoms with Crippen molar-refractivity contribution < 1.29 is 9.18 Å². The monoisotopic (exact) mass is 368 g/mol. The van der Waals surface area contributed by atoms with Gasteiger partial charge in [0, 0.05) is 24.0 Å². The summed E-state index contributed by atoms with van der Waals surface area (Å²) >= 11 is 6.15. The molecule has 3 nitrogen and oxygen atoms in total. The van der Waals surface area contributed by atoms with Gasteiger partial charge in [-0.3, -0.25) is 9.78 Å². The quantitative estimate of drug-likeness (QED) is 0.695. The molecule has 0 radical (unpaired) electrons. The standard InChI is InChI=1S/C21H18ClFN2O/c22-20-6-2-1-5-17(20)14-25-21(26)19(12-15-4-3-11-24-13-15)16-7-9-18(23)10-8-16/h1-11,13,19H,12,14H2,(H,25,26). The Hall–Kier alpha value is -2.72. The Morgan fingerprint density at radius 3 is 2.54 bits per heavy atom. The summed E-state index contributed by atoms with van der Waals surface area (Å²) in [5, 5.41) is 3.55. The van der Waals surface area contributed by atoms with E-state index in [0.29, 0.717) is 18.0 Å². The molecule has 0 bridgehead atoms. The number of carbonyl (C=O) groups excluding carboxylic acids is 1. The minimum absolute atomic E-state index is 0.139. The number of benzene rings is 2. The van der Waals surface area contributed by atoms with Crippen LogP contribution in [-0.2, 0) is 17.8 Å². The normalized spacial score (nSPS) is 11.8. The van der Waals surface area contributed by atoms with E-state index in [-0.39, 0.29) is 11.7 Å². The minimum Gasteiger partial charge on any atom is -0.351 e. The van der Waals surface area contributed by atoms with E-state index in [1.807, 2.05) is 30.3 Å². The number of carbonyl (C=O) groups is 1. The first-order chi connectivity index (χ1) is 12.6. The topological polar surface area (TPSA) is 42.0 Å². The zero-order valence-corrected chi connectivity index (χ0v) is 14.8. The Labute approximate surface area is 156 Å². The number of hydrogen-bond donors (Lipinski definition) is 1. The van der Waals surface area contributed by atoms with E-state index >= 15 is 0 Å². The molecule has 1 N–H and O–H groups in total. The van der Waals surface area contributed by atoms with Gasteiger partial charge in [0.25, 0.3) is 0 Å². The molecule has 5 heteroatoms. The van der Waals surface area contributed by atoms with E-state index in [1.165, 1.54) is 12.1 Å². The molecule has 0 spiro atoms. The number of pyridine rings is 1. The lowest BCUT2D eigenvalue weighted by Crippen LogP contribution is -2.30. The summed E-state index contributed by atoms with van der Waals surface area (Å²) in [6.45, 7) is 0.337. The molecular formula is C21H18ClFN2O. The molecule has 1 atom stereocenters. The summed E-state index contributed by atoms with van der Waals surface area (Å²) in [6.07, 6.45) is 3.90. The number of rotatable bonds is 6. The fraction of sp³-hybridized carbons (Fsp3) is 0.143. The van der Waals surface area contributed by atoms with Crippen molar-refractivity contribution in [2.24, 2.45) is 0 Å². The van der Waals surface area contributed by atoms with Crippen LogP contribution in [0.4, 0.5) is 4.39 Å². The molecule has 1 unspecified atom stereocenters. The maximum absolute atomic E-state index is 13.3. The van der Waals surface area contributed by atoms with Crippen molar-refractivity contribution in [2.45, 2.75) is 18.9 Å². The third-order valence-corrected chi connectivity index (χ3v) is 4.53. The Bertz CT molecular complexity index is 869. The molecule has 0 saturated heterocycles. The molecule has 0 aliphatic heterocycles. The second-order valence-corrected chi connectivity index (χ2v) is 6.39. The third kappa shape index (κ3) is 4.67. The molecule has 0 saturated carbocycles. The van der Waals surface area contributed by atoms with Crippen molar-refractivity contribution in [1.82, 2.24) is 10.3 Å². The minimum atomic E-state index is -0.442. The molecule has 1 aromatic heterocycles. The van der Waals surface area contributed by atoms with E-state index in [0.717, 1.165) is 16.7 Å². The first-order valence-corrected chi connectivity index (χ1v) is 8.67. The first kappa shape index (κ1) is 18.1. The summed E-state index contributed by atoms with van der Waals surface area (Å²) < 4.78 is 13.3. The Balaban J connectivity index is 1.78. The molecule has 1 amide bonds. The van der Waals surface area contributed by atoms with Crippen LogP contribution in [0.25, 0.3) is 0 Å². The van der Waals surface area contributed by atoms with Crippen LogP contribution in [0.5, 0.6) is 0 Å². The average Bonchev–Trinajstić information content (AvgIpc) is 2.67. The van der Waals surface area contributed by atoms with Gasteiger partial charge in [-0.25, -0.2) is 4.39 Å². The SMILES string of the molecule is O=C(NCc1ccccc1Cl)C(Cc1cccnc1)c1ccc(F)cc1. The lowest BCUT2D eigenvalue weighted by atomic mass is 9.91. The highest BCUT2D eigenvalue weighted by molar-refractivity contribution is 6.31. The maximum Gasteiger partial charge on any atom is 0.228 e. The number of hydrogen-bond acceptors (Lipinski definition) is 2. The van der Waals surface area contributed by atoms with Crippen molar-refractivity contribution in [1.29, 1.82) is 0 Å². The Morgan fingerprint density at radius 1 is 1.08 bits per heavy atom. The predicted molar refractivity (Wildman–Crippen MR) is 100 cm³/mol. The molecule has 26 heavy (non-hydrogen) atoms. The van der Waals surface area contributed by atoms with Crippen LogP contribution >= 0.6 is 11.6 Å². The molecule has 2 aromatic carbocycles. The van der Waals surface area contributed by atoms with Gasteiger partial charge in [-0.15, -0.1) is 0 Å². The molecule has 0 fully saturated rings. The number of amides is 1. The lowest BCUT2D eigenvalue weighted by molar-refractivity contribution is -0.122. The number of nitrogens with zero attached hydrogens (tertiary/aromatic N) is 1. The van der Waals surface area contributed by atoms with E-state index in [4.69, 9.17) is 11.6 Å². The summed E-state index contributed by atoms with van der Waals surface area (Å²) in [4.78, 5) is 17.0. The van der Waals surface area contributed by atoms with Gasteiger partial charge in [0.05, 0.1) is 5.92 Å². The fourth-order valence-corrected chi connectivity index (χ4v) is 2.96. The van der Waals surface area contributed by atoms with E-state index in [2.05, 4.69) is 10.3 Å². The first-order valence-electron chi connectivity index (χ1n) is 8.29. The number of halogens is 2. The molecule has 0 aliphatic carbocycles. The van der Waals surface area contributed by atoms with Gasteiger partial charge in [-0.05, 0) is 47.4 Å². The molecule has 0 aliphatic rings. The van der Waals surface area contributed by atoms with Gasteiger partial charge in [0.15, 0.2) is 0 Å². The van der Waals surface area contributed by atoms with E-state index in [1.54, 1.807) is 30.6 Å². The molecular weight excluding hydrogens is 351 g/mol. The highest BCUT2D eigenvalue weighted by Crippen LogP contribution is 2.22. The van der Waals surface area contributed by atoms with Crippen molar-refractivity contribution in [3.05, 3.63) is 101 Å². The van der Waals surface area contributed by atoms with Crippen molar-refractivity contribution in [3.63, 3.8) is 0 Å². The van der Waals surface area contributed by atoms with Crippen LogP contribution in [0.3, 0.4) is 0 Å². The molecule has 1 heterocycles. The lowest BCUT2D eigenvalue weighted by Gasteiger charge is -2.18. The second kappa shape index (κ2) is 8.59. The molecule has 3 aromatic rings. The smallest absolute Gasteiger partial charge is 0.228 e. The summed E-state index contributed by atoms with van der Waals surface area (Å²) in [5.74, 6) is -0.909. The maximum atomic E-state index is 13.3. The van der Waals surface area contributed by atoms with Crippen LogP contribution in [0.15, 0.2) is 73.1 Å². The van der Waals surface area contributed by atoms with Crippen LogP contribution in [0.2, 0.25) is 5.02 Å². The fourth-order valence-electron chi connectivity index (χ4n) is 2.76. The zero-order valence-electron chi connectivity index (χ0n) is 14.0. The van der Waals surface area contributed by atoms with Gasteiger partial charge in [0.2, 0.25) is 5.91 Å². The van der Waals surface area contributed by atoms with E-state index < -0.39 is 5.92 Å². The van der Waals surface area contributed by atoms with Crippen molar-refractivity contribution in [3.8, 4) is 0 Å². The highest BCUT2D eigenvalue weighted by atomic mass is 35.5. The average molecular weight is 369 g/mol. The Kier molecular flexibility index (Phi) is 5.97. The highest BCUT2D eigenvalue weighted by Gasteiger charge is 2.21. The van der Waals surface area contributed by atoms with Crippen molar-refractivity contribution in [2.75, 3.05) is 0 Å². The van der Waals surface area contributed by atoms with Crippen molar-refractivity contribution >= 4 is 17.5 Å². The second-order valence-electron chi connectivity index (χ2n) is 5.98. The molecule has 3 rings (SSSR count). The van der Waals surface area contributed by atoms with Gasteiger partial charge >= 0.3 is 0 Å². The summed E-state index contributed by atoms with van der Waals surface area (Å²) in [7, 11) is 0. The van der Waals surface area contributed by atoms with E-state index in [9.17, 15) is 9.18 Å². The van der Waals surface area contributed by atoms with Crippen LogP contribution < -0.4 is 5.32 Å². The van der Waals surface area contributed by atoms with Gasteiger partial charge in [-0.2, -0.15) is 0 Å². The predicted octanol–water partition coefficient (Wildman–Crippen LogP) is 4.52. The molecule has 132 valence electrons. The van der Waals surface area contributed by atoms with Gasteiger partial charge in [-0.1, -0.05) is 48.0 Å². The zero-order chi connectivity index (χ0) is 18.4. The summed E-state index contributed by atoms with van der Waals surface area (Å²) in [6, 6.07) is 17.2. The summed E-state index contributed by atoms with van der Waals surface area (Å²) in [5.41, 5.74) is 2.54. The number of nitrogens with one attached hydrogen (secondary N) is 1. The van der Waals surface area contributed by atoms with Crippen LogP contribution in [0, 0.1) is 5.82 Å². The van der Waals surface area contributed by atoms with Crippen LogP contribution in [0.1, 0.15) is 22.6 Å².